The van der Waals surface area contributed by atoms with E-state index in [1.807, 2.05) is 0 Å². The van der Waals surface area contributed by atoms with Crippen LogP contribution in [0.3, 0.4) is 0 Å². The topological polar surface area (TPSA) is 112 Å². The molecule has 0 aliphatic rings. The number of hydrogen-bond acceptors (Lipinski definition) is 5. The van der Waals surface area contributed by atoms with Gasteiger partial charge in [-0.15, -0.1) is 0 Å². The number of amides is 1. The lowest BCUT2D eigenvalue weighted by molar-refractivity contribution is -0.107. The van der Waals surface area contributed by atoms with Crippen LogP contribution in [0.5, 0.6) is 0 Å². The summed E-state index contributed by atoms with van der Waals surface area (Å²) in [5.41, 5.74) is 11.3. The van der Waals surface area contributed by atoms with Gasteiger partial charge in [-0.05, 0) is 6.92 Å². The maximum absolute atomic E-state index is 11.0. The lowest BCUT2D eigenvalue weighted by Crippen LogP contribution is -2.18. The summed E-state index contributed by atoms with van der Waals surface area (Å²) in [4.78, 5) is 29.1. The van der Waals surface area contributed by atoms with E-state index >= 15 is 0 Å². The lowest BCUT2D eigenvalue weighted by atomic mass is 10.2. The van der Waals surface area contributed by atoms with Crippen LogP contribution in [0.4, 0.5) is 5.82 Å². The first-order valence-corrected chi connectivity index (χ1v) is 4.42. The fourth-order valence-corrected chi connectivity index (χ4v) is 1.12. The third-order valence-electron chi connectivity index (χ3n) is 1.95. The van der Waals surface area contributed by atoms with Crippen molar-refractivity contribution in [3.05, 3.63) is 17.1 Å². The second-order valence-corrected chi connectivity index (χ2v) is 3.07. The van der Waals surface area contributed by atoms with Crippen molar-refractivity contribution in [2.45, 2.75) is 19.8 Å². The summed E-state index contributed by atoms with van der Waals surface area (Å²) in [5.74, 6) is -0.0624. The highest BCUT2D eigenvalue weighted by molar-refractivity contribution is 5.93. The molecule has 0 radical (unpaired) electrons. The van der Waals surface area contributed by atoms with Gasteiger partial charge in [-0.3, -0.25) is 4.79 Å². The number of aldehydes is 1. The van der Waals surface area contributed by atoms with E-state index in [-0.39, 0.29) is 11.5 Å². The molecule has 0 fully saturated rings. The number of carbonyl (C=O) groups is 2. The van der Waals surface area contributed by atoms with Crippen molar-refractivity contribution in [3.8, 4) is 0 Å². The van der Waals surface area contributed by atoms with Crippen LogP contribution in [-0.4, -0.2) is 22.2 Å². The van der Waals surface area contributed by atoms with Crippen molar-refractivity contribution in [3.63, 3.8) is 0 Å². The Bertz CT molecular complexity index is 403. The molecule has 0 saturated heterocycles. The second kappa shape index (κ2) is 4.50. The molecule has 1 rings (SSSR count). The highest BCUT2D eigenvalue weighted by atomic mass is 16.1. The molecule has 0 spiro atoms. The van der Waals surface area contributed by atoms with E-state index < -0.39 is 5.91 Å². The highest BCUT2D eigenvalue weighted by Gasteiger charge is 2.12. The molecular formula is C9H12N4O2. The summed E-state index contributed by atoms with van der Waals surface area (Å²) in [6.45, 7) is 1.62. The van der Waals surface area contributed by atoms with E-state index in [1.54, 1.807) is 6.92 Å². The molecule has 0 aromatic carbocycles. The Morgan fingerprint density at radius 1 is 1.47 bits per heavy atom. The highest BCUT2D eigenvalue weighted by Crippen LogP contribution is 2.12. The fourth-order valence-electron chi connectivity index (χ4n) is 1.12. The normalized spacial score (nSPS) is 9.93. The van der Waals surface area contributed by atoms with E-state index in [9.17, 15) is 9.59 Å². The molecule has 80 valence electrons. The van der Waals surface area contributed by atoms with Crippen LogP contribution in [0.1, 0.15) is 28.3 Å². The Hall–Kier alpha value is -1.98. The molecule has 0 saturated carbocycles. The number of nitrogens with two attached hydrogens (primary N) is 2. The molecule has 4 N–H and O–H groups in total. The molecule has 0 aliphatic carbocycles. The lowest BCUT2D eigenvalue weighted by Gasteiger charge is -2.06. The molecule has 0 bridgehead atoms. The first-order chi connectivity index (χ1) is 7.06. The zero-order valence-corrected chi connectivity index (χ0v) is 8.36. The average molecular weight is 208 g/mol. The molecule has 1 amide bonds. The Balaban J connectivity index is 3.11. The van der Waals surface area contributed by atoms with Crippen LogP contribution in [0, 0.1) is 6.92 Å². The van der Waals surface area contributed by atoms with E-state index in [1.165, 1.54) is 0 Å². The number of rotatable bonds is 4. The Morgan fingerprint density at radius 2 is 2.13 bits per heavy atom. The van der Waals surface area contributed by atoms with Gasteiger partial charge in [-0.1, -0.05) is 0 Å². The minimum absolute atomic E-state index is 0.114. The minimum atomic E-state index is -0.644. The molecule has 1 aromatic heterocycles. The number of nitrogens with zero attached hydrogens (tertiary/aromatic N) is 2. The van der Waals surface area contributed by atoms with Gasteiger partial charge in [0.05, 0.1) is 0 Å². The minimum Gasteiger partial charge on any atom is -0.383 e. The van der Waals surface area contributed by atoms with Gasteiger partial charge in [0.25, 0.3) is 5.91 Å². The quantitative estimate of drug-likeness (QED) is 0.653. The van der Waals surface area contributed by atoms with Gasteiger partial charge in [-0.2, -0.15) is 0 Å². The largest absolute Gasteiger partial charge is 0.383 e. The van der Waals surface area contributed by atoms with Crippen LogP contribution in [0.2, 0.25) is 0 Å². The van der Waals surface area contributed by atoms with Crippen molar-refractivity contribution < 1.29 is 9.59 Å². The maximum atomic E-state index is 11.0. The predicted octanol–water partition coefficient (Wildman–Crippen LogP) is -0.402. The van der Waals surface area contributed by atoms with Gasteiger partial charge in [0, 0.05) is 18.4 Å². The summed E-state index contributed by atoms with van der Waals surface area (Å²) in [5, 5.41) is 0. The van der Waals surface area contributed by atoms with Crippen molar-refractivity contribution in [1.29, 1.82) is 0 Å². The molecule has 0 unspecified atom stereocenters. The van der Waals surface area contributed by atoms with E-state index in [2.05, 4.69) is 9.97 Å². The number of hydrogen-bond donors (Lipinski definition) is 2. The molecular weight excluding hydrogens is 196 g/mol. The van der Waals surface area contributed by atoms with E-state index in [0.29, 0.717) is 24.2 Å². The first-order valence-electron chi connectivity index (χ1n) is 4.42. The predicted molar refractivity (Wildman–Crippen MR) is 54.1 cm³/mol. The summed E-state index contributed by atoms with van der Waals surface area (Å²) in [6.07, 6.45) is 1.40. The fraction of sp³-hybridized carbons (Fsp3) is 0.333. The maximum Gasteiger partial charge on any atom is 0.267 e. The second-order valence-electron chi connectivity index (χ2n) is 3.07. The number of nitrogen functional groups attached to an aromatic ring is 1. The van der Waals surface area contributed by atoms with Crippen LogP contribution in [0.15, 0.2) is 0 Å². The van der Waals surface area contributed by atoms with Gasteiger partial charge in [0.2, 0.25) is 0 Å². The van der Waals surface area contributed by atoms with E-state index in [4.69, 9.17) is 11.5 Å². The van der Waals surface area contributed by atoms with Gasteiger partial charge in [0.1, 0.15) is 23.6 Å². The summed E-state index contributed by atoms with van der Waals surface area (Å²) >= 11 is 0. The van der Waals surface area contributed by atoms with Crippen molar-refractivity contribution in [2.24, 2.45) is 5.73 Å². The van der Waals surface area contributed by atoms with Crippen LogP contribution in [0.25, 0.3) is 0 Å². The zero-order valence-electron chi connectivity index (χ0n) is 8.36. The first kappa shape index (κ1) is 11.1. The third kappa shape index (κ3) is 2.49. The number of aromatic nitrogens is 2. The average Bonchev–Trinajstić information content (AvgIpc) is 2.19. The summed E-state index contributed by atoms with van der Waals surface area (Å²) in [6, 6.07) is 0. The smallest absolute Gasteiger partial charge is 0.267 e. The molecule has 0 atom stereocenters. The Kier molecular flexibility index (Phi) is 3.33. The molecule has 1 heterocycles. The number of anilines is 1. The molecule has 1 aromatic rings. The summed E-state index contributed by atoms with van der Waals surface area (Å²) < 4.78 is 0. The number of aryl methyl sites for hydroxylation is 1. The van der Waals surface area contributed by atoms with Crippen molar-refractivity contribution >= 4 is 18.0 Å². The zero-order chi connectivity index (χ0) is 11.4. The SMILES string of the molecule is Cc1c(N)nc(CCC=O)nc1C(N)=O. The monoisotopic (exact) mass is 208 g/mol. The third-order valence-corrected chi connectivity index (χ3v) is 1.95. The van der Waals surface area contributed by atoms with Crippen molar-refractivity contribution in [1.82, 2.24) is 9.97 Å². The van der Waals surface area contributed by atoms with Crippen molar-refractivity contribution in [2.75, 3.05) is 5.73 Å². The van der Waals surface area contributed by atoms with Crippen LogP contribution >= 0.6 is 0 Å². The van der Waals surface area contributed by atoms with Crippen LogP contribution in [-0.2, 0) is 11.2 Å². The van der Waals surface area contributed by atoms with Gasteiger partial charge < -0.3 is 16.3 Å². The molecule has 15 heavy (non-hydrogen) atoms. The van der Waals surface area contributed by atoms with E-state index in [0.717, 1.165) is 6.29 Å². The molecule has 6 nitrogen and oxygen atoms in total. The Morgan fingerprint density at radius 3 is 2.67 bits per heavy atom. The Labute approximate surface area is 86.7 Å². The summed E-state index contributed by atoms with van der Waals surface area (Å²) in [7, 11) is 0. The van der Waals surface area contributed by atoms with Crippen LogP contribution < -0.4 is 11.5 Å². The standard InChI is InChI=1S/C9H12N4O2/c1-5-7(9(11)15)12-6(3-2-4-14)13-8(5)10/h4H,2-3H2,1H3,(H2,11,15)(H2,10,12,13). The molecule has 6 heteroatoms. The van der Waals surface area contributed by atoms with Gasteiger partial charge in [-0.25, -0.2) is 9.97 Å². The van der Waals surface area contributed by atoms with Gasteiger partial charge >= 0.3 is 0 Å². The number of carbonyl (C=O) groups excluding carboxylic acids is 2. The van der Waals surface area contributed by atoms with Gasteiger partial charge in [0.15, 0.2) is 0 Å². The number of primary amides is 1. The molecule has 0 aliphatic heterocycles.